The molecule has 3 rings (SSSR count). The van der Waals surface area contributed by atoms with Crippen LogP contribution in [0.4, 0.5) is 0 Å². The van der Waals surface area contributed by atoms with Crippen LogP contribution in [0.25, 0.3) is 0 Å². The van der Waals surface area contributed by atoms with E-state index >= 15 is 0 Å². The van der Waals surface area contributed by atoms with Crippen molar-refractivity contribution in [3.05, 3.63) is 87.9 Å². The monoisotopic (exact) mass is 529 g/mol. The summed E-state index contributed by atoms with van der Waals surface area (Å²) in [6.45, 7) is 1.27. The van der Waals surface area contributed by atoms with E-state index in [2.05, 4.69) is 15.9 Å². The van der Waals surface area contributed by atoms with Gasteiger partial charge in [0.1, 0.15) is 23.4 Å². The third kappa shape index (κ3) is 7.21. The van der Waals surface area contributed by atoms with Gasteiger partial charge in [0.25, 0.3) is 0 Å². The van der Waals surface area contributed by atoms with Gasteiger partial charge in [-0.05, 0) is 60.6 Å². The van der Waals surface area contributed by atoms with Crippen molar-refractivity contribution in [2.24, 2.45) is 0 Å². The van der Waals surface area contributed by atoms with Crippen LogP contribution in [0.5, 0.6) is 17.2 Å². The van der Waals surface area contributed by atoms with Crippen molar-refractivity contribution in [2.75, 3.05) is 41.5 Å². The molecule has 182 valence electrons. The molecule has 0 radical (unpaired) electrons. The van der Waals surface area contributed by atoms with Crippen molar-refractivity contribution in [1.82, 2.24) is 4.90 Å². The number of nitrogens with zero attached hydrogens (tertiary/aromatic N) is 1. The van der Waals surface area contributed by atoms with Crippen molar-refractivity contribution in [3.63, 3.8) is 0 Å². The number of ether oxygens (including phenoxy) is 4. The van der Waals surface area contributed by atoms with Gasteiger partial charge in [-0.25, -0.2) is 0 Å². The second-order valence-corrected chi connectivity index (χ2v) is 8.98. The van der Waals surface area contributed by atoms with Crippen molar-refractivity contribution in [1.29, 1.82) is 0 Å². The molecule has 0 aliphatic rings. The first-order valence-corrected chi connectivity index (χ1v) is 11.8. The van der Waals surface area contributed by atoms with Crippen LogP contribution in [0.3, 0.4) is 0 Å². The number of aliphatic hydroxyl groups is 1. The Bertz CT molecular complexity index is 979. The van der Waals surface area contributed by atoms with Crippen molar-refractivity contribution in [3.8, 4) is 17.2 Å². The van der Waals surface area contributed by atoms with E-state index in [9.17, 15) is 5.11 Å². The Morgan fingerprint density at radius 3 is 1.88 bits per heavy atom. The first kappa shape index (κ1) is 26.0. The molecule has 7 heteroatoms. The molecule has 0 unspecified atom stereocenters. The van der Waals surface area contributed by atoms with E-state index in [0.717, 1.165) is 38.4 Å². The van der Waals surface area contributed by atoms with E-state index in [1.54, 1.807) is 21.3 Å². The van der Waals surface area contributed by atoms with Gasteiger partial charge in [-0.15, -0.1) is 0 Å². The lowest BCUT2D eigenvalue weighted by molar-refractivity contribution is -0.00633. The van der Waals surface area contributed by atoms with E-state index in [1.807, 2.05) is 78.7 Å². The lowest BCUT2D eigenvalue weighted by Gasteiger charge is -2.24. The summed E-state index contributed by atoms with van der Waals surface area (Å²) in [5.41, 5.74) is 3.00. The van der Waals surface area contributed by atoms with E-state index in [4.69, 9.17) is 18.9 Å². The first-order chi connectivity index (χ1) is 16.4. The van der Waals surface area contributed by atoms with Gasteiger partial charge in [0, 0.05) is 23.1 Å². The number of rotatable bonds is 12. The van der Waals surface area contributed by atoms with Gasteiger partial charge in [0.15, 0.2) is 0 Å². The molecule has 0 saturated heterocycles. The standard InChI is InChI=1S/C27H32BrNO5/c1-29(16-21-15-22(28)9-14-26(21)33-4)17-23(30)18-34-27(19-5-10-24(31-2)11-6-19)20-7-12-25(32-3)13-8-20/h5-15,23,27,30H,16-18H2,1-4H3/t23-/m0/s1. The molecule has 0 saturated carbocycles. The maximum absolute atomic E-state index is 10.7. The molecule has 0 aliphatic carbocycles. The molecule has 34 heavy (non-hydrogen) atoms. The Hall–Kier alpha value is -2.58. The molecule has 0 aliphatic heterocycles. The molecule has 0 fully saturated rings. The topological polar surface area (TPSA) is 60.4 Å². The zero-order chi connectivity index (χ0) is 24.5. The molecule has 0 heterocycles. The third-order valence-electron chi connectivity index (χ3n) is 5.50. The lowest BCUT2D eigenvalue weighted by Crippen LogP contribution is -2.32. The summed E-state index contributed by atoms with van der Waals surface area (Å²) in [5.74, 6) is 2.38. The van der Waals surface area contributed by atoms with Crippen molar-refractivity contribution >= 4 is 15.9 Å². The minimum absolute atomic E-state index is 0.183. The SMILES string of the molecule is COc1ccc(C(OC[C@@H](O)CN(C)Cc2cc(Br)ccc2OC)c2ccc(OC)cc2)cc1. The summed E-state index contributed by atoms with van der Waals surface area (Å²) in [7, 11) is 6.91. The van der Waals surface area contributed by atoms with E-state index in [-0.39, 0.29) is 12.7 Å². The van der Waals surface area contributed by atoms with Gasteiger partial charge in [0.05, 0.1) is 34.0 Å². The summed E-state index contributed by atoms with van der Waals surface area (Å²) >= 11 is 3.51. The zero-order valence-electron chi connectivity index (χ0n) is 20.0. The number of hydrogen-bond donors (Lipinski definition) is 1. The number of methoxy groups -OCH3 is 3. The predicted molar refractivity (Wildman–Crippen MR) is 137 cm³/mol. The number of likely N-dealkylation sites (N-methyl/N-ethyl adjacent to an activating group) is 1. The van der Waals surface area contributed by atoms with Crippen LogP contribution in [0.2, 0.25) is 0 Å². The van der Waals surface area contributed by atoms with Crippen LogP contribution in [-0.2, 0) is 11.3 Å². The minimum atomic E-state index is -0.665. The fourth-order valence-corrected chi connectivity index (χ4v) is 4.20. The van der Waals surface area contributed by atoms with Gasteiger partial charge in [-0.3, -0.25) is 4.90 Å². The molecule has 3 aromatic rings. The fourth-order valence-electron chi connectivity index (χ4n) is 3.79. The predicted octanol–water partition coefficient (Wildman–Crippen LogP) is 5.07. The van der Waals surface area contributed by atoms with E-state index < -0.39 is 6.10 Å². The average Bonchev–Trinajstić information content (AvgIpc) is 2.85. The molecule has 0 aromatic heterocycles. The maximum Gasteiger partial charge on any atom is 0.123 e. The third-order valence-corrected chi connectivity index (χ3v) is 5.99. The molecule has 6 nitrogen and oxygen atoms in total. The fraction of sp³-hybridized carbons (Fsp3) is 0.333. The number of benzene rings is 3. The molecule has 1 N–H and O–H groups in total. The van der Waals surface area contributed by atoms with Crippen LogP contribution in [0, 0.1) is 0 Å². The highest BCUT2D eigenvalue weighted by molar-refractivity contribution is 9.10. The lowest BCUT2D eigenvalue weighted by atomic mass is 10.0. The molecule has 0 bridgehead atoms. The highest BCUT2D eigenvalue weighted by Crippen LogP contribution is 2.29. The molecular weight excluding hydrogens is 498 g/mol. The zero-order valence-corrected chi connectivity index (χ0v) is 21.6. The van der Waals surface area contributed by atoms with Crippen LogP contribution in [-0.4, -0.2) is 57.6 Å². The summed E-state index contributed by atoms with van der Waals surface area (Å²) < 4.78 is 23.3. The van der Waals surface area contributed by atoms with Crippen LogP contribution in [0.1, 0.15) is 22.8 Å². The smallest absolute Gasteiger partial charge is 0.123 e. The second kappa shape index (κ2) is 12.8. The Balaban J connectivity index is 1.67. The van der Waals surface area contributed by atoms with Crippen molar-refractivity contribution < 1.29 is 24.1 Å². The molecular formula is C27H32BrNO5. The quantitative estimate of drug-likeness (QED) is 0.353. The largest absolute Gasteiger partial charge is 0.497 e. The Kier molecular flexibility index (Phi) is 9.77. The van der Waals surface area contributed by atoms with E-state index in [0.29, 0.717) is 13.1 Å². The normalized spacial score (nSPS) is 12.1. The first-order valence-electron chi connectivity index (χ1n) is 11.0. The number of halogens is 1. The maximum atomic E-state index is 10.7. The summed E-state index contributed by atoms with van der Waals surface area (Å²) in [6.07, 6.45) is -0.996. The molecule has 3 aromatic carbocycles. The molecule has 1 atom stereocenters. The minimum Gasteiger partial charge on any atom is -0.497 e. The van der Waals surface area contributed by atoms with Gasteiger partial charge in [-0.2, -0.15) is 0 Å². The highest BCUT2D eigenvalue weighted by atomic mass is 79.9. The van der Waals surface area contributed by atoms with Crippen molar-refractivity contribution in [2.45, 2.75) is 18.8 Å². The summed E-state index contributed by atoms with van der Waals surface area (Å²) in [6, 6.07) is 21.5. The van der Waals surface area contributed by atoms with Gasteiger partial charge in [0.2, 0.25) is 0 Å². The van der Waals surface area contributed by atoms with Crippen LogP contribution >= 0.6 is 15.9 Å². The Morgan fingerprint density at radius 2 is 1.38 bits per heavy atom. The average molecular weight is 530 g/mol. The second-order valence-electron chi connectivity index (χ2n) is 8.07. The van der Waals surface area contributed by atoms with Gasteiger partial charge < -0.3 is 24.1 Å². The summed E-state index contributed by atoms with van der Waals surface area (Å²) in [5, 5.41) is 10.7. The van der Waals surface area contributed by atoms with Crippen LogP contribution in [0.15, 0.2) is 71.2 Å². The van der Waals surface area contributed by atoms with Crippen LogP contribution < -0.4 is 14.2 Å². The summed E-state index contributed by atoms with van der Waals surface area (Å²) in [4.78, 5) is 2.05. The Morgan fingerprint density at radius 1 is 0.824 bits per heavy atom. The molecule has 0 spiro atoms. The highest BCUT2D eigenvalue weighted by Gasteiger charge is 2.19. The molecule has 0 amide bonds. The van der Waals surface area contributed by atoms with Gasteiger partial charge in [-0.1, -0.05) is 40.2 Å². The number of aliphatic hydroxyl groups excluding tert-OH is 1. The van der Waals surface area contributed by atoms with E-state index in [1.165, 1.54) is 0 Å². The van der Waals surface area contributed by atoms with Gasteiger partial charge >= 0.3 is 0 Å². The Labute approximate surface area is 210 Å². The number of hydrogen-bond acceptors (Lipinski definition) is 6.